The minimum atomic E-state index is -0.786. The van der Waals surface area contributed by atoms with Crippen molar-refractivity contribution in [3.05, 3.63) is 71.3 Å². The normalized spacial score (nSPS) is 15.3. The number of alkyl carbamates (subject to hydrolysis) is 1. The van der Waals surface area contributed by atoms with Crippen LogP contribution in [0.5, 0.6) is 0 Å². The van der Waals surface area contributed by atoms with Crippen LogP contribution in [-0.4, -0.2) is 47.9 Å². The van der Waals surface area contributed by atoms with Gasteiger partial charge in [-0.1, -0.05) is 82.3 Å². The molecule has 0 aliphatic carbocycles. The summed E-state index contributed by atoms with van der Waals surface area (Å²) in [6.07, 6.45) is 2.34. The molecule has 38 heavy (non-hydrogen) atoms. The first-order chi connectivity index (χ1) is 18.2. The fraction of sp³-hybridized carbons (Fsp3) is 0.516. The molecule has 1 heterocycles. The molecule has 1 aliphatic rings. The smallest absolute Gasteiger partial charge is 0.408 e. The second-order valence-electron chi connectivity index (χ2n) is 11.1. The second kappa shape index (κ2) is 14.7. The number of fused-ring (bicyclic) bond motifs is 1. The molecule has 7 heteroatoms. The van der Waals surface area contributed by atoms with Crippen molar-refractivity contribution in [1.29, 1.82) is 0 Å². The van der Waals surface area contributed by atoms with Gasteiger partial charge in [-0.15, -0.1) is 0 Å². The highest BCUT2D eigenvalue weighted by molar-refractivity contribution is 5.93. The minimum Gasteiger partial charge on any atom is -0.445 e. The summed E-state index contributed by atoms with van der Waals surface area (Å²) in [7, 11) is 0. The van der Waals surface area contributed by atoms with Gasteiger partial charge in [0, 0.05) is 6.54 Å². The molecule has 2 amide bonds. The van der Waals surface area contributed by atoms with Gasteiger partial charge in [0.2, 0.25) is 5.91 Å². The number of hydrogen-bond acceptors (Lipinski definition) is 5. The number of amides is 2. The Morgan fingerprint density at radius 2 is 1.47 bits per heavy atom. The summed E-state index contributed by atoms with van der Waals surface area (Å²) in [5, 5.41) is 5.69. The molecule has 2 N–H and O–H groups in total. The van der Waals surface area contributed by atoms with Crippen LogP contribution in [0.25, 0.3) is 0 Å². The molecule has 2 aromatic rings. The predicted octanol–water partition coefficient (Wildman–Crippen LogP) is 4.88. The standard InChI is InChI=1S/C31H43N3O4/c1-22(2)17-27(29(35)20-34-16-10-15-25-13-8-9-14-26(25)19-34)32-30(36)28(18-23(3)4)33-31(37)38-21-24-11-6-5-7-12-24/h5-9,11-14,22-23,27-28H,10,15-21H2,1-4H3,(H,32,36)(H,33,37)/t27-,28-/m1/s1. The highest BCUT2D eigenvalue weighted by atomic mass is 16.5. The predicted molar refractivity (Wildman–Crippen MR) is 149 cm³/mol. The van der Waals surface area contributed by atoms with E-state index in [1.807, 2.05) is 64.1 Å². The number of nitrogens with zero attached hydrogens (tertiary/aromatic N) is 1. The van der Waals surface area contributed by atoms with Crippen LogP contribution in [0, 0.1) is 11.8 Å². The number of nitrogens with one attached hydrogen (secondary N) is 2. The molecule has 0 saturated carbocycles. The second-order valence-corrected chi connectivity index (χ2v) is 11.1. The summed E-state index contributed by atoms with van der Waals surface area (Å²) in [4.78, 5) is 41.5. The first kappa shape index (κ1) is 29.4. The van der Waals surface area contributed by atoms with Gasteiger partial charge in [-0.2, -0.15) is 0 Å². The van der Waals surface area contributed by atoms with Gasteiger partial charge in [0.15, 0.2) is 5.78 Å². The van der Waals surface area contributed by atoms with E-state index >= 15 is 0 Å². The lowest BCUT2D eigenvalue weighted by Crippen LogP contribution is -2.53. The van der Waals surface area contributed by atoms with Crippen molar-refractivity contribution in [2.45, 2.75) is 78.6 Å². The lowest BCUT2D eigenvalue weighted by Gasteiger charge is -2.27. The molecule has 206 valence electrons. The molecule has 3 rings (SSSR count). The molecule has 0 spiro atoms. The largest absolute Gasteiger partial charge is 0.445 e. The van der Waals surface area contributed by atoms with Crippen molar-refractivity contribution in [3.63, 3.8) is 0 Å². The van der Waals surface area contributed by atoms with E-state index in [0.29, 0.717) is 12.8 Å². The number of hydrogen-bond donors (Lipinski definition) is 2. The SMILES string of the molecule is CC(C)C[C@@H](NC(=O)[C@@H](CC(C)C)NC(=O)OCc1ccccc1)C(=O)CN1CCCc2ccccc2C1. The van der Waals surface area contributed by atoms with E-state index in [9.17, 15) is 14.4 Å². The van der Waals surface area contributed by atoms with Crippen molar-refractivity contribution in [1.82, 2.24) is 15.5 Å². The Labute approximate surface area is 227 Å². The molecule has 0 saturated heterocycles. The summed E-state index contributed by atoms with van der Waals surface area (Å²) in [6, 6.07) is 16.4. The Morgan fingerprint density at radius 3 is 2.16 bits per heavy atom. The van der Waals surface area contributed by atoms with Gasteiger partial charge in [-0.25, -0.2) is 4.79 Å². The van der Waals surface area contributed by atoms with Crippen LogP contribution in [-0.2, 0) is 33.9 Å². The van der Waals surface area contributed by atoms with E-state index in [-0.39, 0.29) is 36.7 Å². The zero-order valence-corrected chi connectivity index (χ0v) is 23.2. The van der Waals surface area contributed by atoms with Gasteiger partial charge in [-0.05, 0) is 60.8 Å². The van der Waals surface area contributed by atoms with E-state index in [2.05, 4.69) is 33.7 Å². The first-order valence-corrected chi connectivity index (χ1v) is 13.8. The third-order valence-corrected chi connectivity index (χ3v) is 6.75. The Morgan fingerprint density at radius 1 is 0.842 bits per heavy atom. The van der Waals surface area contributed by atoms with Crippen molar-refractivity contribution < 1.29 is 19.1 Å². The van der Waals surface area contributed by atoms with Crippen molar-refractivity contribution in [2.75, 3.05) is 13.1 Å². The van der Waals surface area contributed by atoms with Gasteiger partial charge < -0.3 is 15.4 Å². The maximum Gasteiger partial charge on any atom is 0.408 e. The Bertz CT molecular complexity index is 1050. The molecular weight excluding hydrogens is 478 g/mol. The summed E-state index contributed by atoms with van der Waals surface area (Å²) in [6.45, 7) is 10.0. The average molecular weight is 522 g/mol. The molecular formula is C31H43N3O4. The van der Waals surface area contributed by atoms with E-state index in [0.717, 1.165) is 31.5 Å². The van der Waals surface area contributed by atoms with Crippen molar-refractivity contribution in [3.8, 4) is 0 Å². The van der Waals surface area contributed by atoms with Gasteiger partial charge in [-0.3, -0.25) is 14.5 Å². The van der Waals surface area contributed by atoms with Gasteiger partial charge >= 0.3 is 6.09 Å². The van der Waals surface area contributed by atoms with Crippen LogP contribution >= 0.6 is 0 Å². The summed E-state index contributed by atoms with van der Waals surface area (Å²) in [5.41, 5.74) is 3.47. The van der Waals surface area contributed by atoms with Gasteiger partial charge in [0.25, 0.3) is 0 Å². The molecule has 2 aromatic carbocycles. The summed E-state index contributed by atoms with van der Waals surface area (Å²) < 4.78 is 5.34. The molecule has 7 nitrogen and oxygen atoms in total. The fourth-order valence-electron chi connectivity index (χ4n) is 4.86. The molecule has 0 fully saturated rings. The highest BCUT2D eigenvalue weighted by Gasteiger charge is 2.29. The van der Waals surface area contributed by atoms with E-state index in [4.69, 9.17) is 4.74 Å². The summed E-state index contributed by atoms with van der Waals surface area (Å²) >= 11 is 0. The van der Waals surface area contributed by atoms with Crippen molar-refractivity contribution >= 4 is 17.8 Å². The molecule has 1 aliphatic heterocycles. The third-order valence-electron chi connectivity index (χ3n) is 6.75. The van der Waals surface area contributed by atoms with E-state index in [1.165, 1.54) is 11.1 Å². The van der Waals surface area contributed by atoms with E-state index in [1.54, 1.807) is 0 Å². The zero-order chi connectivity index (χ0) is 27.5. The quantitative estimate of drug-likeness (QED) is 0.416. The van der Waals surface area contributed by atoms with Crippen LogP contribution in [0.2, 0.25) is 0 Å². The average Bonchev–Trinajstić information content (AvgIpc) is 3.08. The van der Waals surface area contributed by atoms with Crippen LogP contribution in [0.3, 0.4) is 0 Å². The Balaban J connectivity index is 1.62. The number of carbonyl (C=O) groups excluding carboxylic acids is 3. The maximum absolute atomic E-state index is 13.5. The van der Waals surface area contributed by atoms with E-state index < -0.39 is 18.2 Å². The van der Waals surface area contributed by atoms with Gasteiger partial charge in [0.1, 0.15) is 12.6 Å². The summed E-state index contributed by atoms with van der Waals surface area (Å²) in [5.74, 6) is 0.0370. The number of Topliss-reactive ketones (excluding diaryl/α,β-unsaturated/α-hetero) is 1. The first-order valence-electron chi connectivity index (χ1n) is 13.8. The number of aryl methyl sites for hydroxylation is 1. The number of benzene rings is 2. The molecule has 0 unspecified atom stereocenters. The number of ketones is 1. The molecule has 0 bridgehead atoms. The van der Waals surface area contributed by atoms with Crippen LogP contribution in [0.1, 0.15) is 63.6 Å². The topological polar surface area (TPSA) is 87.7 Å². The van der Waals surface area contributed by atoms with Crippen LogP contribution < -0.4 is 10.6 Å². The van der Waals surface area contributed by atoms with Gasteiger partial charge in [0.05, 0.1) is 12.6 Å². The van der Waals surface area contributed by atoms with Crippen LogP contribution in [0.15, 0.2) is 54.6 Å². The number of ether oxygens (including phenoxy) is 1. The van der Waals surface area contributed by atoms with Crippen molar-refractivity contribution in [2.24, 2.45) is 11.8 Å². The monoisotopic (exact) mass is 521 g/mol. The lowest BCUT2D eigenvalue weighted by molar-refractivity contribution is -0.130. The molecule has 0 radical (unpaired) electrons. The lowest BCUT2D eigenvalue weighted by atomic mass is 9.98. The molecule has 0 aromatic heterocycles. The Hall–Kier alpha value is -3.19. The number of rotatable bonds is 12. The van der Waals surface area contributed by atoms with Crippen LogP contribution in [0.4, 0.5) is 4.79 Å². The minimum absolute atomic E-state index is 0.00128. The Kier molecular flexibility index (Phi) is 11.3. The third kappa shape index (κ3) is 9.60. The fourth-order valence-corrected chi connectivity index (χ4v) is 4.86. The number of carbonyl (C=O) groups is 3. The highest BCUT2D eigenvalue weighted by Crippen LogP contribution is 2.19. The maximum atomic E-state index is 13.5. The molecule has 2 atom stereocenters. The zero-order valence-electron chi connectivity index (χ0n) is 23.2.